The summed E-state index contributed by atoms with van der Waals surface area (Å²) in [4.78, 5) is 25.7. The highest BCUT2D eigenvalue weighted by atomic mass is 16.5. The van der Waals surface area contributed by atoms with Gasteiger partial charge in [0.25, 0.3) is 5.56 Å². The van der Waals surface area contributed by atoms with Gasteiger partial charge in [0, 0.05) is 11.1 Å². The van der Waals surface area contributed by atoms with Gasteiger partial charge in [0.15, 0.2) is 0 Å². The summed E-state index contributed by atoms with van der Waals surface area (Å²) in [5.74, 6) is -0.349. The van der Waals surface area contributed by atoms with E-state index in [1.807, 2.05) is 0 Å². The lowest BCUT2D eigenvalue weighted by atomic mass is 10.1. The second-order valence-corrected chi connectivity index (χ2v) is 3.80. The molecule has 0 bridgehead atoms. The zero-order chi connectivity index (χ0) is 12.4. The van der Waals surface area contributed by atoms with Crippen LogP contribution < -0.4 is 5.56 Å². The van der Waals surface area contributed by atoms with E-state index < -0.39 is 0 Å². The van der Waals surface area contributed by atoms with Crippen LogP contribution in [0, 0.1) is 6.92 Å². The number of aryl methyl sites for hydroxylation is 1. The van der Waals surface area contributed by atoms with Gasteiger partial charge in [-0.2, -0.15) is 0 Å². The summed E-state index contributed by atoms with van der Waals surface area (Å²) in [6, 6.07) is 6.83. The Labute approximate surface area is 98.2 Å². The summed E-state index contributed by atoms with van der Waals surface area (Å²) in [5, 5.41) is 0.827. The predicted molar refractivity (Wildman–Crippen MR) is 65.3 cm³/mol. The molecule has 0 saturated heterocycles. The van der Waals surface area contributed by atoms with Crippen LogP contribution in [0.2, 0.25) is 0 Å². The molecule has 4 nitrogen and oxygen atoms in total. The van der Waals surface area contributed by atoms with Crippen molar-refractivity contribution in [1.29, 1.82) is 0 Å². The fourth-order valence-electron chi connectivity index (χ4n) is 1.66. The predicted octanol–water partition coefficient (Wildman–Crippen LogP) is 2.01. The highest BCUT2D eigenvalue weighted by Crippen LogP contribution is 2.14. The standard InChI is InChI=1S/C13H13NO3/c1-3-17-13(16)9-4-5-11-10(7-9)6-8(2)12(15)14-11/h4-7H,3H2,1-2H3,(H,14,15). The molecule has 1 heterocycles. The number of hydrogen-bond donors (Lipinski definition) is 1. The lowest BCUT2D eigenvalue weighted by Crippen LogP contribution is -2.09. The highest BCUT2D eigenvalue weighted by molar-refractivity contribution is 5.94. The number of H-pyrrole nitrogens is 1. The maximum Gasteiger partial charge on any atom is 0.338 e. The Morgan fingerprint density at radius 3 is 2.82 bits per heavy atom. The van der Waals surface area contributed by atoms with Crippen LogP contribution in [0.15, 0.2) is 29.1 Å². The molecule has 0 spiro atoms. The fourth-order valence-corrected chi connectivity index (χ4v) is 1.66. The average molecular weight is 231 g/mol. The summed E-state index contributed by atoms with van der Waals surface area (Å²) < 4.78 is 4.92. The third kappa shape index (κ3) is 2.20. The number of aromatic nitrogens is 1. The van der Waals surface area contributed by atoms with Gasteiger partial charge in [0.05, 0.1) is 12.2 Å². The first-order valence-electron chi connectivity index (χ1n) is 5.42. The number of carbonyl (C=O) groups excluding carboxylic acids is 1. The van der Waals surface area contributed by atoms with Crippen molar-refractivity contribution in [2.75, 3.05) is 6.61 Å². The van der Waals surface area contributed by atoms with Crippen LogP contribution in [-0.4, -0.2) is 17.6 Å². The number of nitrogens with one attached hydrogen (secondary N) is 1. The Morgan fingerprint density at radius 1 is 1.35 bits per heavy atom. The van der Waals surface area contributed by atoms with E-state index in [9.17, 15) is 9.59 Å². The number of hydrogen-bond acceptors (Lipinski definition) is 3. The maximum absolute atomic E-state index is 11.5. The summed E-state index contributed by atoms with van der Waals surface area (Å²) in [5.41, 5.74) is 1.72. The molecule has 2 rings (SSSR count). The van der Waals surface area contributed by atoms with Crippen molar-refractivity contribution in [2.24, 2.45) is 0 Å². The van der Waals surface area contributed by atoms with E-state index in [-0.39, 0.29) is 11.5 Å². The number of carbonyl (C=O) groups is 1. The quantitative estimate of drug-likeness (QED) is 0.804. The first kappa shape index (κ1) is 11.4. The fraction of sp³-hybridized carbons (Fsp3) is 0.231. The van der Waals surface area contributed by atoms with Crippen LogP contribution >= 0.6 is 0 Å². The number of benzene rings is 1. The first-order valence-corrected chi connectivity index (χ1v) is 5.42. The Hall–Kier alpha value is -2.10. The molecule has 0 unspecified atom stereocenters. The second kappa shape index (κ2) is 4.41. The third-order valence-electron chi connectivity index (χ3n) is 2.54. The molecular weight excluding hydrogens is 218 g/mol. The molecule has 1 aromatic heterocycles. The van der Waals surface area contributed by atoms with Crippen molar-refractivity contribution in [1.82, 2.24) is 4.98 Å². The Balaban J connectivity index is 2.54. The van der Waals surface area contributed by atoms with E-state index >= 15 is 0 Å². The van der Waals surface area contributed by atoms with Gasteiger partial charge in [0.1, 0.15) is 0 Å². The van der Waals surface area contributed by atoms with Gasteiger partial charge in [-0.25, -0.2) is 4.79 Å². The van der Waals surface area contributed by atoms with Gasteiger partial charge in [-0.3, -0.25) is 4.79 Å². The van der Waals surface area contributed by atoms with E-state index in [0.29, 0.717) is 23.3 Å². The summed E-state index contributed by atoms with van der Waals surface area (Å²) in [7, 11) is 0. The molecule has 0 aliphatic rings. The maximum atomic E-state index is 11.5. The van der Waals surface area contributed by atoms with E-state index in [1.54, 1.807) is 38.1 Å². The van der Waals surface area contributed by atoms with E-state index in [0.717, 1.165) is 5.39 Å². The van der Waals surface area contributed by atoms with Crippen molar-refractivity contribution < 1.29 is 9.53 Å². The van der Waals surface area contributed by atoms with Crippen LogP contribution in [0.5, 0.6) is 0 Å². The molecular formula is C13H13NO3. The number of fused-ring (bicyclic) bond motifs is 1. The lowest BCUT2D eigenvalue weighted by Gasteiger charge is -2.04. The number of ether oxygens (including phenoxy) is 1. The monoisotopic (exact) mass is 231 g/mol. The molecule has 17 heavy (non-hydrogen) atoms. The first-order chi connectivity index (χ1) is 8.11. The Kier molecular flexibility index (Phi) is 2.95. The molecule has 0 fully saturated rings. The summed E-state index contributed by atoms with van der Waals surface area (Å²) in [6.45, 7) is 3.84. The van der Waals surface area contributed by atoms with Crippen molar-refractivity contribution in [3.05, 3.63) is 45.7 Å². The molecule has 2 aromatic rings. The van der Waals surface area contributed by atoms with E-state index in [4.69, 9.17) is 4.74 Å². The van der Waals surface area contributed by atoms with Gasteiger partial charge < -0.3 is 9.72 Å². The summed E-state index contributed by atoms with van der Waals surface area (Å²) in [6.07, 6.45) is 0. The van der Waals surface area contributed by atoms with Crippen LogP contribution in [-0.2, 0) is 4.74 Å². The molecule has 0 radical (unpaired) electrons. The average Bonchev–Trinajstić information content (AvgIpc) is 2.30. The molecule has 4 heteroatoms. The minimum Gasteiger partial charge on any atom is -0.462 e. The van der Waals surface area contributed by atoms with Gasteiger partial charge in [-0.15, -0.1) is 0 Å². The Morgan fingerprint density at radius 2 is 2.12 bits per heavy atom. The third-order valence-corrected chi connectivity index (χ3v) is 2.54. The molecule has 1 N–H and O–H groups in total. The second-order valence-electron chi connectivity index (χ2n) is 3.80. The number of aromatic amines is 1. The highest BCUT2D eigenvalue weighted by Gasteiger charge is 2.07. The van der Waals surface area contributed by atoms with E-state index in [2.05, 4.69) is 4.98 Å². The van der Waals surface area contributed by atoms with Crippen molar-refractivity contribution in [3.8, 4) is 0 Å². The minimum absolute atomic E-state index is 0.110. The molecule has 0 aliphatic heterocycles. The Bertz CT molecular complexity index is 628. The molecule has 0 atom stereocenters. The van der Waals surface area contributed by atoms with Crippen molar-refractivity contribution in [2.45, 2.75) is 13.8 Å². The van der Waals surface area contributed by atoms with Crippen LogP contribution in [0.1, 0.15) is 22.8 Å². The van der Waals surface area contributed by atoms with Gasteiger partial charge in [-0.05, 0) is 43.5 Å². The largest absolute Gasteiger partial charge is 0.462 e. The smallest absolute Gasteiger partial charge is 0.338 e. The van der Waals surface area contributed by atoms with Gasteiger partial charge in [0.2, 0.25) is 0 Å². The SMILES string of the molecule is CCOC(=O)c1ccc2[nH]c(=O)c(C)cc2c1. The normalized spacial score (nSPS) is 10.5. The van der Waals surface area contributed by atoms with Crippen molar-refractivity contribution in [3.63, 3.8) is 0 Å². The van der Waals surface area contributed by atoms with Gasteiger partial charge >= 0.3 is 5.97 Å². The molecule has 88 valence electrons. The van der Waals surface area contributed by atoms with E-state index in [1.165, 1.54) is 0 Å². The minimum atomic E-state index is -0.349. The zero-order valence-corrected chi connectivity index (χ0v) is 9.74. The molecule has 1 aromatic carbocycles. The molecule has 0 amide bonds. The van der Waals surface area contributed by atoms with Crippen LogP contribution in [0.3, 0.4) is 0 Å². The zero-order valence-electron chi connectivity index (χ0n) is 9.74. The number of esters is 1. The van der Waals surface area contributed by atoms with Crippen LogP contribution in [0.4, 0.5) is 0 Å². The van der Waals surface area contributed by atoms with Crippen molar-refractivity contribution >= 4 is 16.9 Å². The molecule has 0 saturated carbocycles. The van der Waals surface area contributed by atoms with Crippen LogP contribution in [0.25, 0.3) is 10.9 Å². The molecule has 0 aliphatic carbocycles. The number of pyridine rings is 1. The lowest BCUT2D eigenvalue weighted by molar-refractivity contribution is 0.0526. The summed E-state index contributed by atoms with van der Waals surface area (Å²) >= 11 is 0. The number of rotatable bonds is 2. The van der Waals surface area contributed by atoms with Gasteiger partial charge in [-0.1, -0.05) is 0 Å². The topological polar surface area (TPSA) is 59.2 Å².